The van der Waals surface area contributed by atoms with Crippen molar-refractivity contribution >= 4 is 11.9 Å². The van der Waals surface area contributed by atoms with Gasteiger partial charge in [-0.1, -0.05) is 115 Å². The number of unbranched alkanes of at least 4 members (excludes halogenated alkanes) is 15. The van der Waals surface area contributed by atoms with Crippen molar-refractivity contribution in [2.24, 2.45) is 5.73 Å². The molecule has 35 heavy (non-hydrogen) atoms. The topological polar surface area (TPSA) is 104 Å². The number of aliphatic carboxylic acids is 1. The predicted octanol–water partition coefficient (Wildman–Crippen LogP) is 6.44. The number of hydrogen-bond acceptors (Lipinski definition) is 4. The van der Waals surface area contributed by atoms with Crippen LogP contribution >= 0.6 is 0 Å². The highest BCUT2D eigenvalue weighted by Crippen LogP contribution is 2.15. The molecule has 1 aromatic rings. The maximum absolute atomic E-state index is 12.7. The van der Waals surface area contributed by atoms with E-state index in [9.17, 15) is 19.8 Å². The summed E-state index contributed by atoms with van der Waals surface area (Å²) in [5.74, 6) is -1.20. The molecule has 0 aromatic heterocycles. The zero-order valence-electron chi connectivity index (χ0n) is 22.1. The van der Waals surface area contributed by atoms with Gasteiger partial charge in [-0.2, -0.15) is 0 Å². The quantitative estimate of drug-likeness (QED) is 0.162. The van der Waals surface area contributed by atoms with Crippen molar-refractivity contribution in [1.29, 1.82) is 0 Å². The van der Waals surface area contributed by atoms with Gasteiger partial charge < -0.3 is 20.8 Å². The van der Waals surface area contributed by atoms with Gasteiger partial charge >= 0.3 is 5.97 Å². The number of benzene rings is 1. The second-order valence-corrected chi connectivity index (χ2v) is 9.93. The van der Waals surface area contributed by atoms with Crippen LogP contribution in [0.4, 0.5) is 0 Å². The first-order valence-corrected chi connectivity index (χ1v) is 14.0. The van der Waals surface area contributed by atoms with Crippen LogP contribution in [0.15, 0.2) is 24.3 Å². The third kappa shape index (κ3) is 16.3. The fourth-order valence-electron chi connectivity index (χ4n) is 4.49. The Morgan fingerprint density at radius 2 is 1.20 bits per heavy atom. The Morgan fingerprint density at radius 1 is 0.771 bits per heavy atom. The molecule has 0 aliphatic rings. The molecule has 1 amide bonds. The van der Waals surface area contributed by atoms with Gasteiger partial charge in [-0.15, -0.1) is 0 Å². The number of nitrogens with two attached hydrogens (primary N) is 1. The first kappa shape index (κ1) is 31.0. The average molecular weight is 491 g/mol. The first-order valence-electron chi connectivity index (χ1n) is 14.0. The van der Waals surface area contributed by atoms with Gasteiger partial charge in [0, 0.05) is 6.54 Å². The van der Waals surface area contributed by atoms with E-state index in [0.717, 1.165) is 24.8 Å². The largest absolute Gasteiger partial charge is 0.508 e. The lowest BCUT2D eigenvalue weighted by atomic mass is 10.0. The number of carbonyl (C=O) groups excluding carboxylic acids is 1. The molecule has 0 radical (unpaired) electrons. The van der Waals surface area contributed by atoms with Crippen LogP contribution in [0.1, 0.15) is 115 Å². The number of phenolic OH excluding ortho intramolecular Hbond substituents is 1. The minimum atomic E-state index is -1.02. The lowest BCUT2D eigenvalue weighted by molar-refractivity contribution is -0.145. The van der Waals surface area contributed by atoms with E-state index in [1.165, 1.54) is 88.4 Å². The molecule has 0 unspecified atom stereocenters. The second kappa shape index (κ2) is 20.1. The van der Waals surface area contributed by atoms with Crippen LogP contribution < -0.4 is 5.73 Å². The van der Waals surface area contributed by atoms with Gasteiger partial charge in [0.15, 0.2) is 0 Å². The summed E-state index contributed by atoms with van der Waals surface area (Å²) in [4.78, 5) is 25.3. The zero-order valence-corrected chi connectivity index (χ0v) is 22.1. The number of nitrogens with zero attached hydrogens (tertiary/aromatic N) is 1. The normalized spacial score (nSPS) is 11.9. The van der Waals surface area contributed by atoms with Crippen molar-refractivity contribution in [2.75, 3.05) is 13.1 Å². The number of amides is 1. The molecule has 0 bridgehead atoms. The highest BCUT2D eigenvalue weighted by molar-refractivity contribution is 5.85. The van der Waals surface area contributed by atoms with Gasteiger partial charge in [0.2, 0.25) is 5.91 Å². The third-order valence-corrected chi connectivity index (χ3v) is 6.63. The van der Waals surface area contributed by atoms with Crippen molar-refractivity contribution in [3.63, 3.8) is 0 Å². The van der Waals surface area contributed by atoms with E-state index in [1.54, 1.807) is 24.3 Å². The van der Waals surface area contributed by atoms with E-state index in [2.05, 4.69) is 6.92 Å². The first-order chi connectivity index (χ1) is 16.9. The molecule has 0 aliphatic heterocycles. The summed E-state index contributed by atoms with van der Waals surface area (Å²) in [6, 6.07) is 5.76. The minimum Gasteiger partial charge on any atom is -0.508 e. The lowest BCUT2D eigenvalue weighted by Gasteiger charge is -2.24. The fourth-order valence-corrected chi connectivity index (χ4v) is 4.49. The van der Waals surface area contributed by atoms with E-state index in [4.69, 9.17) is 5.73 Å². The lowest BCUT2D eigenvalue weighted by Crippen LogP contribution is -2.47. The van der Waals surface area contributed by atoms with E-state index in [1.807, 2.05) is 0 Å². The second-order valence-electron chi connectivity index (χ2n) is 9.93. The number of carboxylic acids is 1. The van der Waals surface area contributed by atoms with E-state index < -0.39 is 12.0 Å². The van der Waals surface area contributed by atoms with E-state index in [-0.39, 0.29) is 18.2 Å². The number of carbonyl (C=O) groups is 2. The van der Waals surface area contributed by atoms with Gasteiger partial charge in [-0.3, -0.25) is 9.59 Å². The Hall–Kier alpha value is -2.08. The van der Waals surface area contributed by atoms with Crippen molar-refractivity contribution in [2.45, 2.75) is 122 Å². The van der Waals surface area contributed by atoms with Gasteiger partial charge in [-0.25, -0.2) is 0 Å². The molecule has 0 fully saturated rings. The number of hydrogen-bond donors (Lipinski definition) is 3. The Balaban J connectivity index is 2.11. The molecule has 6 heteroatoms. The molecule has 0 saturated heterocycles. The van der Waals surface area contributed by atoms with Crippen LogP contribution in [0.2, 0.25) is 0 Å². The van der Waals surface area contributed by atoms with Gasteiger partial charge in [-0.05, 0) is 30.5 Å². The molecule has 4 N–H and O–H groups in total. The Morgan fingerprint density at radius 3 is 1.63 bits per heavy atom. The van der Waals surface area contributed by atoms with Crippen molar-refractivity contribution in [1.82, 2.24) is 4.90 Å². The Labute approximate surface area is 213 Å². The van der Waals surface area contributed by atoms with Gasteiger partial charge in [0.1, 0.15) is 12.3 Å². The number of phenols is 1. The van der Waals surface area contributed by atoms with Crippen LogP contribution in [0.3, 0.4) is 0 Å². The van der Waals surface area contributed by atoms with Crippen molar-refractivity contribution < 1.29 is 19.8 Å². The average Bonchev–Trinajstić information content (AvgIpc) is 2.83. The summed E-state index contributed by atoms with van der Waals surface area (Å²) in [5.41, 5.74) is 6.91. The standard InChI is InChI=1S/C29H50N2O4/c1-2-3-4-5-6-7-8-9-10-11-12-13-14-15-16-17-22-31(24-28(33)34)29(35)27(30)23-25-18-20-26(32)21-19-25/h18-21,27,32H,2-17,22-24,30H2,1H3,(H,33,34)/t27-/m0/s1. The molecule has 6 nitrogen and oxygen atoms in total. The zero-order chi connectivity index (χ0) is 25.7. The number of rotatable bonds is 22. The van der Waals surface area contributed by atoms with Crippen LogP contribution in [-0.2, 0) is 16.0 Å². The third-order valence-electron chi connectivity index (χ3n) is 6.63. The van der Waals surface area contributed by atoms with Crippen molar-refractivity contribution in [3.8, 4) is 5.75 Å². The summed E-state index contributed by atoms with van der Waals surface area (Å²) in [5, 5.41) is 18.6. The highest BCUT2D eigenvalue weighted by atomic mass is 16.4. The van der Waals surface area contributed by atoms with Gasteiger partial charge in [0.25, 0.3) is 0 Å². The summed E-state index contributed by atoms with van der Waals surface area (Å²) in [7, 11) is 0. The summed E-state index contributed by atoms with van der Waals surface area (Å²) < 4.78 is 0. The minimum absolute atomic E-state index is 0.157. The maximum Gasteiger partial charge on any atom is 0.323 e. The Kier molecular flexibility index (Phi) is 17.8. The Bertz CT molecular complexity index is 678. The number of aromatic hydroxyl groups is 1. The number of carboxylic acid groups (broad SMARTS) is 1. The molecule has 0 spiro atoms. The maximum atomic E-state index is 12.7. The van der Waals surface area contributed by atoms with Crippen LogP contribution in [0.25, 0.3) is 0 Å². The molecule has 0 aliphatic carbocycles. The molecular weight excluding hydrogens is 440 g/mol. The SMILES string of the molecule is CCCCCCCCCCCCCCCCCCN(CC(=O)O)C(=O)[C@@H](N)Cc1ccc(O)cc1. The molecule has 1 atom stereocenters. The van der Waals surface area contributed by atoms with Crippen LogP contribution in [-0.4, -0.2) is 46.1 Å². The predicted molar refractivity (Wildman–Crippen MR) is 144 cm³/mol. The highest BCUT2D eigenvalue weighted by Gasteiger charge is 2.23. The molecular formula is C29H50N2O4. The smallest absolute Gasteiger partial charge is 0.323 e. The van der Waals surface area contributed by atoms with E-state index in [0.29, 0.717) is 13.0 Å². The monoisotopic (exact) mass is 490 g/mol. The molecule has 200 valence electrons. The van der Waals surface area contributed by atoms with Crippen molar-refractivity contribution in [3.05, 3.63) is 29.8 Å². The van der Waals surface area contributed by atoms with Crippen LogP contribution in [0.5, 0.6) is 5.75 Å². The molecule has 1 aromatic carbocycles. The van der Waals surface area contributed by atoms with Crippen LogP contribution in [0, 0.1) is 0 Å². The summed E-state index contributed by atoms with van der Waals surface area (Å²) >= 11 is 0. The molecule has 0 saturated carbocycles. The van der Waals surface area contributed by atoms with Gasteiger partial charge in [0.05, 0.1) is 6.04 Å². The van der Waals surface area contributed by atoms with E-state index >= 15 is 0 Å². The summed E-state index contributed by atoms with van der Waals surface area (Å²) in [6.07, 6.45) is 20.7. The summed E-state index contributed by atoms with van der Waals surface area (Å²) in [6.45, 7) is 2.37. The fraction of sp³-hybridized carbons (Fsp3) is 0.724. The molecule has 0 heterocycles. The molecule has 1 rings (SSSR count).